The smallest absolute Gasteiger partial charge is 0.271 e. The third-order valence-corrected chi connectivity index (χ3v) is 4.23. The van der Waals surface area contributed by atoms with Crippen LogP contribution in [0, 0.1) is 6.92 Å². The average Bonchev–Trinajstić information content (AvgIpc) is 2.78. The molecule has 1 aromatic heterocycles. The van der Waals surface area contributed by atoms with Crippen molar-refractivity contribution in [2.45, 2.75) is 18.2 Å². The van der Waals surface area contributed by atoms with Crippen molar-refractivity contribution in [2.24, 2.45) is 12.2 Å². The molecular formula is C14H18N4O3S. The summed E-state index contributed by atoms with van der Waals surface area (Å²) in [4.78, 5) is 12.0. The zero-order chi connectivity index (χ0) is 16.3. The van der Waals surface area contributed by atoms with Gasteiger partial charge in [0.05, 0.1) is 4.90 Å². The molecule has 0 bridgehead atoms. The molecule has 0 atom stereocenters. The van der Waals surface area contributed by atoms with Gasteiger partial charge in [-0.15, -0.1) is 0 Å². The summed E-state index contributed by atoms with van der Waals surface area (Å²) in [5, 5.41) is 11.9. The van der Waals surface area contributed by atoms with Gasteiger partial charge in [0.15, 0.2) is 0 Å². The minimum Gasteiger partial charge on any atom is -0.350 e. The molecule has 0 radical (unpaired) electrons. The molecule has 0 fully saturated rings. The molecule has 22 heavy (non-hydrogen) atoms. The maximum atomic E-state index is 11.9. The lowest BCUT2D eigenvalue weighted by Crippen LogP contribution is -2.26. The van der Waals surface area contributed by atoms with Crippen molar-refractivity contribution >= 4 is 15.9 Å². The summed E-state index contributed by atoms with van der Waals surface area (Å²) in [5.74, 6) is -0.232. The van der Waals surface area contributed by atoms with E-state index in [2.05, 4.69) is 10.4 Å². The van der Waals surface area contributed by atoms with Crippen molar-refractivity contribution in [3.8, 4) is 0 Å². The second-order valence-electron chi connectivity index (χ2n) is 4.99. The molecular weight excluding hydrogens is 304 g/mol. The predicted octanol–water partition coefficient (Wildman–Crippen LogP) is 0.348. The van der Waals surface area contributed by atoms with Crippen LogP contribution in [-0.4, -0.2) is 30.7 Å². The van der Waals surface area contributed by atoms with Gasteiger partial charge in [0.25, 0.3) is 5.91 Å². The fourth-order valence-electron chi connectivity index (χ4n) is 1.93. The number of rotatable bonds is 5. The number of carbonyl (C=O) groups excluding carboxylic acids is 1. The minimum atomic E-state index is -3.67. The minimum absolute atomic E-state index is 0.0734. The van der Waals surface area contributed by atoms with Crippen LogP contribution in [0.5, 0.6) is 0 Å². The van der Waals surface area contributed by atoms with Crippen molar-refractivity contribution in [1.29, 1.82) is 0 Å². The first-order chi connectivity index (χ1) is 10.3. The summed E-state index contributed by atoms with van der Waals surface area (Å²) in [6.07, 6.45) is 0.586. The first kappa shape index (κ1) is 16.2. The van der Waals surface area contributed by atoms with Gasteiger partial charge in [0, 0.05) is 19.3 Å². The Balaban J connectivity index is 1.90. The lowest BCUT2D eigenvalue weighted by molar-refractivity contribution is 0.0948. The predicted molar refractivity (Wildman–Crippen MR) is 81.8 cm³/mol. The molecule has 0 aliphatic carbocycles. The van der Waals surface area contributed by atoms with Crippen molar-refractivity contribution in [3.05, 3.63) is 47.3 Å². The van der Waals surface area contributed by atoms with Crippen LogP contribution >= 0.6 is 0 Å². The molecule has 1 heterocycles. The molecule has 0 unspecified atom stereocenters. The van der Waals surface area contributed by atoms with E-state index in [1.54, 1.807) is 29.9 Å². The van der Waals surface area contributed by atoms with Crippen LogP contribution in [-0.2, 0) is 23.5 Å². The molecule has 0 spiro atoms. The Kier molecular flexibility index (Phi) is 4.62. The van der Waals surface area contributed by atoms with Crippen molar-refractivity contribution in [1.82, 2.24) is 15.1 Å². The topological polar surface area (TPSA) is 107 Å². The third kappa shape index (κ3) is 3.92. The van der Waals surface area contributed by atoms with Crippen LogP contribution in [0.3, 0.4) is 0 Å². The number of hydrogen-bond acceptors (Lipinski definition) is 4. The molecule has 0 aliphatic heterocycles. The monoisotopic (exact) mass is 322 g/mol. The molecule has 8 heteroatoms. The van der Waals surface area contributed by atoms with Gasteiger partial charge in [-0.2, -0.15) is 5.10 Å². The van der Waals surface area contributed by atoms with Gasteiger partial charge in [-0.1, -0.05) is 12.1 Å². The number of primary sulfonamides is 1. The number of nitrogens with zero attached hydrogens (tertiary/aromatic N) is 2. The van der Waals surface area contributed by atoms with Crippen molar-refractivity contribution in [2.75, 3.05) is 6.54 Å². The second kappa shape index (κ2) is 6.29. The standard InChI is InChI=1S/C14H18N4O3S/c1-10-9-13(17-18(10)2)14(19)16-8-7-11-3-5-12(6-4-11)22(15,20)21/h3-6,9H,7-8H2,1-2H3,(H,16,19)(H2,15,20,21). The third-order valence-electron chi connectivity index (χ3n) is 3.30. The Bertz CT molecular complexity index is 759. The molecule has 2 rings (SSSR count). The number of aromatic nitrogens is 2. The summed E-state index contributed by atoms with van der Waals surface area (Å²) >= 11 is 0. The van der Waals surface area contributed by atoms with Crippen LogP contribution in [0.4, 0.5) is 0 Å². The Morgan fingerprint density at radius 1 is 1.32 bits per heavy atom. The van der Waals surface area contributed by atoms with E-state index in [9.17, 15) is 13.2 Å². The lowest BCUT2D eigenvalue weighted by atomic mass is 10.1. The molecule has 1 amide bonds. The summed E-state index contributed by atoms with van der Waals surface area (Å²) in [6, 6.07) is 7.98. The highest BCUT2D eigenvalue weighted by atomic mass is 32.2. The number of sulfonamides is 1. The number of carbonyl (C=O) groups is 1. The molecule has 0 saturated carbocycles. The van der Waals surface area contributed by atoms with Gasteiger partial charge in [0.1, 0.15) is 5.69 Å². The maximum absolute atomic E-state index is 11.9. The van der Waals surface area contributed by atoms with Gasteiger partial charge in [-0.25, -0.2) is 13.6 Å². The number of benzene rings is 1. The van der Waals surface area contributed by atoms with E-state index >= 15 is 0 Å². The summed E-state index contributed by atoms with van der Waals surface area (Å²) in [6.45, 7) is 2.31. The Hall–Kier alpha value is -2.19. The van der Waals surface area contributed by atoms with Crippen LogP contribution in [0.15, 0.2) is 35.2 Å². The van der Waals surface area contributed by atoms with Gasteiger partial charge >= 0.3 is 0 Å². The van der Waals surface area contributed by atoms with Crippen LogP contribution in [0.1, 0.15) is 21.7 Å². The van der Waals surface area contributed by atoms with Gasteiger partial charge in [-0.05, 0) is 37.1 Å². The highest BCUT2D eigenvalue weighted by molar-refractivity contribution is 7.89. The lowest BCUT2D eigenvalue weighted by Gasteiger charge is -2.04. The van der Waals surface area contributed by atoms with E-state index < -0.39 is 10.0 Å². The number of aryl methyl sites for hydroxylation is 2. The van der Waals surface area contributed by atoms with E-state index in [1.807, 2.05) is 6.92 Å². The molecule has 0 saturated heterocycles. The first-order valence-corrected chi connectivity index (χ1v) is 8.22. The fraction of sp³-hybridized carbons (Fsp3) is 0.286. The summed E-state index contributed by atoms with van der Waals surface area (Å²) < 4.78 is 23.9. The van der Waals surface area contributed by atoms with E-state index in [0.717, 1.165) is 11.3 Å². The second-order valence-corrected chi connectivity index (χ2v) is 6.55. The summed E-state index contributed by atoms with van der Waals surface area (Å²) in [7, 11) is -1.89. The van der Waals surface area contributed by atoms with Crippen molar-refractivity contribution in [3.63, 3.8) is 0 Å². The molecule has 7 nitrogen and oxygen atoms in total. The van der Waals surface area contributed by atoms with Crippen LogP contribution in [0.25, 0.3) is 0 Å². The zero-order valence-corrected chi connectivity index (χ0v) is 13.2. The van der Waals surface area contributed by atoms with E-state index in [1.165, 1.54) is 12.1 Å². The first-order valence-electron chi connectivity index (χ1n) is 6.68. The molecule has 2 aromatic rings. The Morgan fingerprint density at radius 3 is 2.45 bits per heavy atom. The van der Waals surface area contributed by atoms with E-state index in [4.69, 9.17) is 5.14 Å². The average molecular weight is 322 g/mol. The zero-order valence-electron chi connectivity index (χ0n) is 12.4. The Morgan fingerprint density at radius 2 is 1.95 bits per heavy atom. The number of hydrogen-bond donors (Lipinski definition) is 2. The Labute approximate surface area is 129 Å². The van der Waals surface area contributed by atoms with E-state index in [-0.39, 0.29) is 10.8 Å². The van der Waals surface area contributed by atoms with Gasteiger partial charge in [-0.3, -0.25) is 9.48 Å². The quantitative estimate of drug-likeness (QED) is 0.828. The van der Waals surface area contributed by atoms with Gasteiger partial charge in [0.2, 0.25) is 10.0 Å². The summed E-state index contributed by atoms with van der Waals surface area (Å²) in [5.41, 5.74) is 2.19. The number of nitrogens with two attached hydrogens (primary N) is 1. The fourth-order valence-corrected chi connectivity index (χ4v) is 2.44. The highest BCUT2D eigenvalue weighted by Crippen LogP contribution is 2.09. The molecule has 1 aromatic carbocycles. The van der Waals surface area contributed by atoms with Crippen molar-refractivity contribution < 1.29 is 13.2 Å². The molecule has 0 aliphatic rings. The van der Waals surface area contributed by atoms with Gasteiger partial charge < -0.3 is 5.32 Å². The SMILES string of the molecule is Cc1cc(C(=O)NCCc2ccc(S(N)(=O)=O)cc2)nn1C. The number of amides is 1. The maximum Gasteiger partial charge on any atom is 0.271 e. The largest absolute Gasteiger partial charge is 0.350 e. The number of nitrogens with one attached hydrogen (secondary N) is 1. The highest BCUT2D eigenvalue weighted by Gasteiger charge is 2.10. The molecule has 3 N–H and O–H groups in total. The molecule has 118 valence electrons. The van der Waals surface area contributed by atoms with Crippen LogP contribution in [0.2, 0.25) is 0 Å². The van der Waals surface area contributed by atoms with E-state index in [0.29, 0.717) is 18.7 Å². The van der Waals surface area contributed by atoms with Crippen LogP contribution < -0.4 is 10.5 Å². The normalized spacial score (nSPS) is 11.4.